The number of ether oxygens (including phenoxy) is 1. The quantitative estimate of drug-likeness (QED) is 0.684. The summed E-state index contributed by atoms with van der Waals surface area (Å²) in [5.41, 5.74) is 0.0717. The van der Waals surface area contributed by atoms with Crippen LogP contribution in [0.25, 0.3) is 0 Å². The number of hydrogen-bond acceptors (Lipinski definition) is 3. The lowest BCUT2D eigenvalue weighted by atomic mass is 10.0. The molecule has 14 heavy (non-hydrogen) atoms. The fourth-order valence-corrected chi connectivity index (χ4v) is 2.41. The molecule has 0 heterocycles. The van der Waals surface area contributed by atoms with Crippen molar-refractivity contribution in [1.82, 2.24) is 5.32 Å². The maximum atomic E-state index is 11.0. The summed E-state index contributed by atoms with van der Waals surface area (Å²) >= 11 is 0. The van der Waals surface area contributed by atoms with Gasteiger partial charge in [-0.05, 0) is 5.92 Å². The van der Waals surface area contributed by atoms with E-state index in [1.54, 1.807) is 7.11 Å². The summed E-state index contributed by atoms with van der Waals surface area (Å²) in [6, 6.07) is 0. The maximum absolute atomic E-state index is 11.0. The molecule has 0 saturated carbocycles. The van der Waals surface area contributed by atoms with Crippen LogP contribution in [0, 0.1) is 5.92 Å². The van der Waals surface area contributed by atoms with Gasteiger partial charge in [0.2, 0.25) is 0 Å². The molecule has 1 atom stereocenters. The number of carbonyl (C=O) groups is 1. The molecule has 82 valence electrons. The molecule has 1 N–H and O–H groups in total. The van der Waals surface area contributed by atoms with Gasteiger partial charge in [-0.3, -0.25) is 0 Å². The smallest absolute Gasteiger partial charge is 0.406 e. The Kier molecular flexibility index (Phi) is 7.51. The van der Waals surface area contributed by atoms with Crippen LogP contribution < -0.4 is 5.32 Å². The molecule has 5 heteroatoms. The standard InChI is InChI=1S/C9H19NO3Si/c1-5-7(6-2)8(14-13-4)10-9(11)12-3/h7-8H,5-6H2,1-4H3,(H,10,11). The summed E-state index contributed by atoms with van der Waals surface area (Å²) in [7, 11) is 3.30. The second kappa shape index (κ2) is 7.81. The van der Waals surface area contributed by atoms with Crippen LogP contribution in [0.3, 0.4) is 0 Å². The molecule has 0 aromatic heterocycles. The minimum atomic E-state index is -0.383. The Bertz CT molecular complexity index is 162. The van der Waals surface area contributed by atoms with E-state index in [-0.39, 0.29) is 21.5 Å². The van der Waals surface area contributed by atoms with Crippen molar-refractivity contribution in [3.63, 3.8) is 0 Å². The van der Waals surface area contributed by atoms with Crippen LogP contribution in [0.5, 0.6) is 0 Å². The first-order chi connectivity index (χ1) is 6.69. The number of rotatable bonds is 6. The van der Waals surface area contributed by atoms with Gasteiger partial charge in [0.1, 0.15) is 0 Å². The van der Waals surface area contributed by atoms with Gasteiger partial charge < -0.3 is 14.5 Å². The van der Waals surface area contributed by atoms with Crippen molar-refractivity contribution in [3.05, 3.63) is 0 Å². The molecule has 0 bridgehead atoms. The van der Waals surface area contributed by atoms with Crippen molar-refractivity contribution in [1.29, 1.82) is 0 Å². The van der Waals surface area contributed by atoms with E-state index < -0.39 is 0 Å². The van der Waals surface area contributed by atoms with E-state index >= 15 is 0 Å². The highest BCUT2D eigenvalue weighted by atomic mass is 28.2. The number of alkyl carbamates (subject to hydrolysis) is 1. The van der Waals surface area contributed by atoms with Crippen molar-refractivity contribution in [3.8, 4) is 0 Å². The summed E-state index contributed by atoms with van der Waals surface area (Å²) in [4.78, 5) is 11.0. The number of nitrogens with one attached hydrogen (secondary N) is 1. The van der Waals surface area contributed by atoms with Crippen LogP contribution in [0.1, 0.15) is 26.7 Å². The van der Waals surface area contributed by atoms with Gasteiger partial charge in [0, 0.05) is 7.11 Å². The summed E-state index contributed by atoms with van der Waals surface area (Å²) in [5, 5.41) is 2.80. The highest BCUT2D eigenvalue weighted by Gasteiger charge is 2.22. The fourth-order valence-electron chi connectivity index (χ4n) is 1.32. The molecule has 0 aliphatic carbocycles. The van der Waals surface area contributed by atoms with Gasteiger partial charge in [-0.2, -0.15) is 0 Å². The molecule has 0 aromatic rings. The fraction of sp³-hybridized carbons (Fsp3) is 0.889. The van der Waals surface area contributed by atoms with Gasteiger partial charge in [0.05, 0.1) is 12.8 Å². The maximum Gasteiger partial charge on any atom is 0.406 e. The Morgan fingerprint density at radius 1 is 1.36 bits per heavy atom. The van der Waals surface area contributed by atoms with Crippen LogP contribution in [-0.4, -0.2) is 35.7 Å². The van der Waals surface area contributed by atoms with E-state index in [1.165, 1.54) is 7.11 Å². The molecule has 4 nitrogen and oxygen atoms in total. The van der Waals surface area contributed by atoms with Crippen LogP contribution in [-0.2, 0) is 9.16 Å². The summed E-state index contributed by atoms with van der Waals surface area (Å²) < 4.78 is 9.66. The molecule has 0 aliphatic heterocycles. The molecule has 2 radical (unpaired) electrons. The van der Waals surface area contributed by atoms with Crippen molar-refractivity contribution in [2.24, 2.45) is 5.92 Å². The molecular weight excluding hydrogens is 198 g/mol. The number of amides is 1. The van der Waals surface area contributed by atoms with E-state index in [0.29, 0.717) is 5.92 Å². The molecule has 0 fully saturated rings. The van der Waals surface area contributed by atoms with Crippen LogP contribution >= 0.6 is 0 Å². The second-order valence-electron chi connectivity index (χ2n) is 3.01. The third-order valence-corrected chi connectivity index (χ3v) is 3.33. The van der Waals surface area contributed by atoms with Gasteiger partial charge in [-0.1, -0.05) is 26.7 Å². The number of carbonyl (C=O) groups excluding carboxylic acids is 1. The minimum Gasteiger partial charge on any atom is -0.453 e. The molecule has 0 rings (SSSR count). The van der Waals surface area contributed by atoms with Crippen molar-refractivity contribution < 1.29 is 14.0 Å². The van der Waals surface area contributed by atoms with E-state index in [1.807, 2.05) is 0 Å². The molecule has 0 aliphatic rings. The third kappa shape index (κ3) is 4.62. The molecular formula is C9H19NO3Si. The van der Waals surface area contributed by atoms with Gasteiger partial charge in [-0.15, -0.1) is 0 Å². The lowest BCUT2D eigenvalue weighted by Gasteiger charge is -2.23. The van der Waals surface area contributed by atoms with E-state index in [2.05, 4.69) is 23.9 Å². The Labute approximate surface area is 88.3 Å². The molecule has 0 saturated heterocycles. The highest BCUT2D eigenvalue weighted by Crippen LogP contribution is 2.12. The normalized spacial score (nSPS) is 12.6. The zero-order chi connectivity index (χ0) is 11.0. The first-order valence-electron chi connectivity index (χ1n) is 4.82. The monoisotopic (exact) mass is 217 g/mol. The average Bonchev–Trinajstić information content (AvgIpc) is 2.19. The second-order valence-corrected chi connectivity index (χ2v) is 4.28. The van der Waals surface area contributed by atoms with Crippen LogP contribution in [0.4, 0.5) is 4.79 Å². The van der Waals surface area contributed by atoms with Gasteiger partial charge in [-0.25, -0.2) is 4.79 Å². The topological polar surface area (TPSA) is 47.6 Å². The summed E-state index contributed by atoms with van der Waals surface area (Å²) in [6.07, 6.45) is 1.68. The minimum absolute atomic E-state index is 0.0717. The highest BCUT2D eigenvalue weighted by molar-refractivity contribution is 6.30. The molecule has 1 unspecified atom stereocenters. The van der Waals surface area contributed by atoms with Crippen molar-refractivity contribution in [2.45, 2.75) is 32.4 Å². The largest absolute Gasteiger partial charge is 0.453 e. The first-order valence-corrected chi connectivity index (χ1v) is 5.81. The predicted octanol–water partition coefficient (Wildman–Crippen LogP) is 1.37. The average molecular weight is 217 g/mol. The van der Waals surface area contributed by atoms with Gasteiger partial charge >= 0.3 is 6.09 Å². The van der Waals surface area contributed by atoms with Crippen LogP contribution in [0.2, 0.25) is 0 Å². The van der Waals surface area contributed by atoms with E-state index in [0.717, 1.165) is 12.8 Å². The zero-order valence-corrected chi connectivity index (χ0v) is 10.3. The summed E-state index contributed by atoms with van der Waals surface area (Å²) in [5.74, 6) is 0.451. The Hall–Kier alpha value is -0.553. The molecule has 1 amide bonds. The number of hydrogen-bond donors (Lipinski definition) is 1. The Morgan fingerprint density at radius 2 is 1.93 bits per heavy atom. The lowest BCUT2D eigenvalue weighted by molar-refractivity contribution is 0.165. The van der Waals surface area contributed by atoms with E-state index in [4.69, 9.17) is 4.43 Å². The lowest BCUT2D eigenvalue weighted by Crippen LogP contribution is -2.44. The Morgan fingerprint density at radius 3 is 2.29 bits per heavy atom. The zero-order valence-electron chi connectivity index (χ0n) is 9.29. The predicted molar refractivity (Wildman–Crippen MR) is 56.2 cm³/mol. The number of methoxy groups -OCH3 is 1. The third-order valence-electron chi connectivity index (χ3n) is 2.22. The van der Waals surface area contributed by atoms with Gasteiger partial charge in [0.25, 0.3) is 9.76 Å². The van der Waals surface area contributed by atoms with Gasteiger partial charge in [0.15, 0.2) is 0 Å². The molecule has 0 spiro atoms. The first kappa shape index (κ1) is 13.4. The Balaban J connectivity index is 4.17. The SMILES string of the molecule is CCC(CC)C(NC(=O)OC)[Si]OC. The van der Waals surface area contributed by atoms with Crippen molar-refractivity contribution >= 4 is 15.9 Å². The van der Waals surface area contributed by atoms with Crippen molar-refractivity contribution in [2.75, 3.05) is 14.2 Å². The summed E-state index contributed by atoms with van der Waals surface area (Å²) in [6.45, 7) is 4.22. The van der Waals surface area contributed by atoms with Crippen LogP contribution in [0.15, 0.2) is 0 Å². The van der Waals surface area contributed by atoms with E-state index in [9.17, 15) is 4.79 Å². The molecule has 0 aromatic carbocycles.